The van der Waals surface area contributed by atoms with Crippen LogP contribution in [0.5, 0.6) is 0 Å². The predicted octanol–water partition coefficient (Wildman–Crippen LogP) is 5.56. The molecular weight excluding hydrogens is 417 g/mol. The zero-order valence-corrected chi connectivity index (χ0v) is 16.1. The van der Waals surface area contributed by atoms with Gasteiger partial charge >= 0.3 is 5.91 Å². The number of hydrogen-bond donors (Lipinski definition) is 1. The van der Waals surface area contributed by atoms with E-state index in [0.717, 1.165) is 16.2 Å². The Balaban J connectivity index is 1.58. The highest BCUT2D eigenvalue weighted by Gasteiger charge is 2.16. The fraction of sp³-hybridized carbons (Fsp3) is 0. The van der Waals surface area contributed by atoms with Gasteiger partial charge in [0.05, 0.1) is 16.2 Å². The topological polar surface area (TPSA) is 97.7 Å². The van der Waals surface area contributed by atoms with Gasteiger partial charge in [-0.25, -0.2) is 5.43 Å². The van der Waals surface area contributed by atoms with Gasteiger partial charge < -0.3 is 4.42 Å². The third-order valence-electron chi connectivity index (χ3n) is 4.28. The van der Waals surface area contributed by atoms with Crippen molar-refractivity contribution in [2.75, 3.05) is 0 Å². The van der Waals surface area contributed by atoms with Crippen LogP contribution in [0.1, 0.15) is 16.1 Å². The van der Waals surface area contributed by atoms with Crippen LogP contribution >= 0.6 is 23.2 Å². The average Bonchev–Trinajstić information content (AvgIpc) is 3.14. The second kappa shape index (κ2) is 7.54. The minimum absolute atomic E-state index is 0.0849. The molecule has 4 aromatic rings. The van der Waals surface area contributed by atoms with Gasteiger partial charge in [-0.15, -0.1) is 0 Å². The Morgan fingerprint density at radius 2 is 1.86 bits per heavy atom. The van der Waals surface area contributed by atoms with Gasteiger partial charge in [-0.1, -0.05) is 53.5 Å². The Bertz CT molecular complexity index is 1310. The molecule has 29 heavy (non-hydrogen) atoms. The van der Waals surface area contributed by atoms with Crippen LogP contribution in [0.15, 0.2) is 64.1 Å². The zero-order chi connectivity index (χ0) is 20.5. The van der Waals surface area contributed by atoms with E-state index in [1.54, 1.807) is 12.1 Å². The average molecular weight is 428 g/mol. The molecule has 0 fully saturated rings. The molecule has 0 bridgehead atoms. The van der Waals surface area contributed by atoms with E-state index in [4.69, 9.17) is 27.6 Å². The number of nitro groups is 1. The van der Waals surface area contributed by atoms with Crippen LogP contribution in [0.2, 0.25) is 10.0 Å². The first kappa shape index (κ1) is 18.9. The Morgan fingerprint density at radius 3 is 2.66 bits per heavy atom. The van der Waals surface area contributed by atoms with Crippen LogP contribution in [0.3, 0.4) is 0 Å². The molecule has 0 spiro atoms. The molecule has 1 aromatic heterocycles. The number of hydrogen-bond acceptors (Lipinski definition) is 5. The molecule has 0 aliphatic carbocycles. The van der Waals surface area contributed by atoms with Gasteiger partial charge in [-0.2, -0.15) is 5.10 Å². The number of fused-ring (bicyclic) bond motifs is 3. The van der Waals surface area contributed by atoms with Gasteiger partial charge in [0, 0.05) is 17.0 Å². The first-order valence-corrected chi connectivity index (χ1v) is 9.08. The number of halogens is 2. The highest BCUT2D eigenvalue weighted by molar-refractivity contribution is 6.37. The minimum atomic E-state index is -0.632. The van der Waals surface area contributed by atoms with E-state index in [1.807, 2.05) is 30.3 Å². The number of furan rings is 1. The number of nitrogens with one attached hydrogen (secondary N) is 1. The summed E-state index contributed by atoms with van der Waals surface area (Å²) >= 11 is 11.8. The van der Waals surface area contributed by atoms with Gasteiger partial charge in [0.1, 0.15) is 10.6 Å². The molecule has 3 aromatic carbocycles. The molecular formula is C20H11Cl2N3O4. The van der Waals surface area contributed by atoms with Crippen molar-refractivity contribution in [3.8, 4) is 0 Å². The normalized spacial score (nSPS) is 11.4. The molecule has 1 N–H and O–H groups in total. The van der Waals surface area contributed by atoms with Crippen molar-refractivity contribution in [1.29, 1.82) is 0 Å². The summed E-state index contributed by atoms with van der Waals surface area (Å²) in [6.07, 6.45) is 1.20. The number of nitrogens with zero attached hydrogens (tertiary/aromatic N) is 2. The summed E-state index contributed by atoms with van der Waals surface area (Å²) in [4.78, 5) is 22.7. The second-order valence-electron chi connectivity index (χ2n) is 6.09. The lowest BCUT2D eigenvalue weighted by Gasteiger charge is -2.01. The number of rotatable bonds is 4. The SMILES string of the molecule is O=C(N/N=C/c1cc([N+](=O)[O-])c(Cl)cc1Cl)c1cc2c(ccc3ccccc32)o1. The van der Waals surface area contributed by atoms with Gasteiger partial charge in [0.2, 0.25) is 0 Å². The summed E-state index contributed by atoms with van der Waals surface area (Å²) in [5, 5.41) is 17.7. The molecule has 1 heterocycles. The van der Waals surface area contributed by atoms with E-state index in [-0.39, 0.29) is 27.1 Å². The molecule has 1 amide bonds. The molecule has 0 atom stereocenters. The van der Waals surface area contributed by atoms with Crippen molar-refractivity contribution in [2.45, 2.75) is 0 Å². The standard InChI is InChI=1S/C20H11Cl2N3O4/c21-15-9-16(22)17(25(27)28)7-12(15)10-23-24-20(26)19-8-14-13-4-2-1-3-11(13)5-6-18(14)29-19/h1-10H,(H,24,26)/b23-10+. The van der Waals surface area contributed by atoms with E-state index in [1.165, 1.54) is 18.3 Å². The third-order valence-corrected chi connectivity index (χ3v) is 4.91. The summed E-state index contributed by atoms with van der Waals surface area (Å²) < 4.78 is 5.61. The number of carbonyl (C=O) groups excluding carboxylic acids is 1. The second-order valence-corrected chi connectivity index (χ2v) is 6.90. The van der Waals surface area contributed by atoms with Crippen molar-refractivity contribution in [3.63, 3.8) is 0 Å². The van der Waals surface area contributed by atoms with Crippen LogP contribution in [-0.2, 0) is 0 Å². The first-order valence-electron chi connectivity index (χ1n) is 8.32. The highest BCUT2D eigenvalue weighted by Crippen LogP contribution is 2.30. The largest absolute Gasteiger partial charge is 0.451 e. The fourth-order valence-electron chi connectivity index (χ4n) is 2.91. The predicted molar refractivity (Wildman–Crippen MR) is 112 cm³/mol. The third kappa shape index (κ3) is 3.65. The molecule has 0 aliphatic heterocycles. The molecule has 0 aliphatic rings. The Kier molecular flexibility index (Phi) is 4.92. The maximum absolute atomic E-state index is 12.4. The number of amides is 1. The van der Waals surface area contributed by atoms with Gasteiger partial charge in [0.15, 0.2) is 5.76 Å². The van der Waals surface area contributed by atoms with Crippen LogP contribution < -0.4 is 5.43 Å². The quantitative estimate of drug-likeness (QED) is 0.261. The summed E-state index contributed by atoms with van der Waals surface area (Å²) in [5.74, 6) is -0.484. The molecule has 9 heteroatoms. The molecule has 0 radical (unpaired) electrons. The smallest absolute Gasteiger partial charge is 0.307 e. The first-order chi connectivity index (χ1) is 13.9. The number of carbonyl (C=O) groups is 1. The molecule has 0 unspecified atom stereocenters. The van der Waals surface area contributed by atoms with E-state index in [2.05, 4.69) is 10.5 Å². The fourth-order valence-corrected chi connectivity index (χ4v) is 3.41. The Morgan fingerprint density at radius 1 is 1.07 bits per heavy atom. The van der Waals surface area contributed by atoms with Crippen LogP contribution in [0, 0.1) is 10.1 Å². The van der Waals surface area contributed by atoms with E-state index in [0.29, 0.717) is 5.58 Å². The molecule has 144 valence electrons. The maximum atomic E-state index is 12.4. The van der Waals surface area contributed by atoms with E-state index < -0.39 is 10.8 Å². The molecule has 7 nitrogen and oxygen atoms in total. The van der Waals surface area contributed by atoms with Gasteiger partial charge in [-0.3, -0.25) is 14.9 Å². The Labute approximate surface area is 173 Å². The molecule has 0 saturated carbocycles. The highest BCUT2D eigenvalue weighted by atomic mass is 35.5. The summed E-state index contributed by atoms with van der Waals surface area (Å²) in [6, 6.07) is 15.5. The Hall–Kier alpha value is -3.42. The van der Waals surface area contributed by atoms with Crippen LogP contribution in [-0.4, -0.2) is 17.0 Å². The lowest BCUT2D eigenvalue weighted by molar-refractivity contribution is -0.384. The minimum Gasteiger partial charge on any atom is -0.451 e. The van der Waals surface area contributed by atoms with Crippen molar-refractivity contribution in [2.24, 2.45) is 5.10 Å². The maximum Gasteiger partial charge on any atom is 0.307 e. The number of benzene rings is 3. The lowest BCUT2D eigenvalue weighted by Crippen LogP contribution is -2.16. The van der Waals surface area contributed by atoms with Crippen molar-refractivity contribution in [1.82, 2.24) is 5.43 Å². The van der Waals surface area contributed by atoms with Crippen molar-refractivity contribution in [3.05, 3.63) is 86.1 Å². The summed E-state index contributed by atoms with van der Waals surface area (Å²) in [6.45, 7) is 0. The number of nitro benzene ring substituents is 1. The molecule has 4 rings (SSSR count). The van der Waals surface area contributed by atoms with Crippen LogP contribution in [0.25, 0.3) is 21.7 Å². The van der Waals surface area contributed by atoms with Crippen molar-refractivity contribution >= 4 is 62.8 Å². The monoisotopic (exact) mass is 427 g/mol. The van der Waals surface area contributed by atoms with Gasteiger partial charge in [-0.05, 0) is 29.0 Å². The van der Waals surface area contributed by atoms with Crippen LogP contribution in [0.4, 0.5) is 5.69 Å². The zero-order valence-electron chi connectivity index (χ0n) is 14.6. The number of hydrazone groups is 1. The van der Waals surface area contributed by atoms with E-state index >= 15 is 0 Å². The van der Waals surface area contributed by atoms with Crippen molar-refractivity contribution < 1.29 is 14.1 Å². The molecule has 0 saturated heterocycles. The van der Waals surface area contributed by atoms with E-state index in [9.17, 15) is 14.9 Å². The lowest BCUT2D eigenvalue weighted by atomic mass is 10.1. The summed E-state index contributed by atoms with van der Waals surface area (Å²) in [5.41, 5.74) is 2.82. The van der Waals surface area contributed by atoms with Gasteiger partial charge in [0.25, 0.3) is 5.69 Å². The summed E-state index contributed by atoms with van der Waals surface area (Å²) in [7, 11) is 0.